The standard InChI is InChI=1S/C26H25N5O7/c1-35-15-16-37-26-28-25(18-7-13-21(36-2)14-8-18)30(29-26)20-11-9-19(10-12-20)27-24(32)17-38-23-6-4-3-5-22(23)31(33)34/h3-14H,15-17H2,1-2H3,(H,27,32). The minimum atomic E-state index is -0.565. The monoisotopic (exact) mass is 519 g/mol. The van der Waals surface area contributed by atoms with Crippen LogP contribution in [0, 0.1) is 10.1 Å². The third-order valence-corrected chi connectivity index (χ3v) is 5.27. The Kier molecular flexibility index (Phi) is 8.46. The summed E-state index contributed by atoms with van der Waals surface area (Å²) in [6.45, 7) is 0.295. The second kappa shape index (κ2) is 12.3. The van der Waals surface area contributed by atoms with Crippen molar-refractivity contribution in [1.29, 1.82) is 0 Å². The summed E-state index contributed by atoms with van der Waals surface area (Å²) in [7, 11) is 3.17. The maximum atomic E-state index is 12.4. The van der Waals surface area contributed by atoms with Gasteiger partial charge in [-0.25, -0.2) is 4.68 Å². The number of hydrogen-bond donors (Lipinski definition) is 1. The zero-order valence-corrected chi connectivity index (χ0v) is 20.7. The van der Waals surface area contributed by atoms with E-state index in [1.165, 1.54) is 18.2 Å². The van der Waals surface area contributed by atoms with E-state index in [2.05, 4.69) is 15.4 Å². The first-order chi connectivity index (χ1) is 18.5. The molecule has 0 fully saturated rings. The highest BCUT2D eigenvalue weighted by molar-refractivity contribution is 5.92. The molecule has 0 saturated carbocycles. The number of carbonyl (C=O) groups is 1. The van der Waals surface area contributed by atoms with Gasteiger partial charge in [0.05, 0.1) is 24.3 Å². The Morgan fingerprint density at radius 1 is 0.974 bits per heavy atom. The van der Waals surface area contributed by atoms with Gasteiger partial charge in [0, 0.05) is 24.4 Å². The molecule has 0 atom stereocenters. The van der Waals surface area contributed by atoms with E-state index in [1.807, 2.05) is 24.3 Å². The van der Waals surface area contributed by atoms with Crippen molar-refractivity contribution in [2.24, 2.45) is 0 Å². The molecule has 0 radical (unpaired) electrons. The predicted octanol–water partition coefficient (Wildman–Crippen LogP) is 3.89. The summed E-state index contributed by atoms with van der Waals surface area (Å²) < 4.78 is 22.9. The minimum absolute atomic E-state index is 0.0174. The lowest BCUT2D eigenvalue weighted by Crippen LogP contribution is -2.20. The number of hydrogen-bond acceptors (Lipinski definition) is 9. The molecule has 4 aromatic rings. The van der Waals surface area contributed by atoms with Gasteiger partial charge in [0.15, 0.2) is 18.2 Å². The second-order valence-corrected chi connectivity index (χ2v) is 7.81. The molecule has 3 aromatic carbocycles. The number of nitrogens with one attached hydrogen (secondary N) is 1. The molecule has 0 saturated heterocycles. The van der Waals surface area contributed by atoms with Crippen molar-refractivity contribution < 1.29 is 28.7 Å². The fourth-order valence-electron chi connectivity index (χ4n) is 3.43. The van der Waals surface area contributed by atoms with E-state index in [1.54, 1.807) is 49.2 Å². The zero-order chi connectivity index (χ0) is 26.9. The highest BCUT2D eigenvalue weighted by Crippen LogP contribution is 2.27. The van der Waals surface area contributed by atoms with Gasteiger partial charge in [-0.2, -0.15) is 4.98 Å². The molecule has 12 nitrogen and oxygen atoms in total. The molecule has 38 heavy (non-hydrogen) atoms. The van der Waals surface area contributed by atoms with Gasteiger partial charge in [-0.1, -0.05) is 12.1 Å². The van der Waals surface area contributed by atoms with Crippen LogP contribution in [-0.2, 0) is 9.53 Å². The first kappa shape index (κ1) is 26.1. The van der Waals surface area contributed by atoms with Crippen molar-refractivity contribution in [3.8, 4) is 34.6 Å². The number of nitrogens with zero attached hydrogens (tertiary/aromatic N) is 4. The zero-order valence-electron chi connectivity index (χ0n) is 20.7. The Bertz CT molecular complexity index is 1390. The number of methoxy groups -OCH3 is 2. The van der Waals surface area contributed by atoms with Crippen molar-refractivity contribution in [2.45, 2.75) is 0 Å². The number of benzene rings is 3. The van der Waals surface area contributed by atoms with Gasteiger partial charge in [0.2, 0.25) is 0 Å². The summed E-state index contributed by atoms with van der Waals surface area (Å²) >= 11 is 0. The van der Waals surface area contributed by atoms with E-state index in [9.17, 15) is 14.9 Å². The number of amides is 1. The van der Waals surface area contributed by atoms with Crippen LogP contribution in [0.25, 0.3) is 17.1 Å². The molecule has 0 aliphatic heterocycles. The van der Waals surface area contributed by atoms with Crippen LogP contribution in [0.4, 0.5) is 11.4 Å². The molecular formula is C26H25N5O7. The van der Waals surface area contributed by atoms with Crippen molar-refractivity contribution in [3.05, 3.63) is 82.9 Å². The number of nitro groups is 1. The van der Waals surface area contributed by atoms with Gasteiger partial charge in [-0.15, -0.1) is 5.10 Å². The number of para-hydroxylation sites is 2. The normalized spacial score (nSPS) is 10.6. The largest absolute Gasteiger partial charge is 0.497 e. The van der Waals surface area contributed by atoms with Crippen LogP contribution in [0.5, 0.6) is 17.5 Å². The van der Waals surface area contributed by atoms with E-state index < -0.39 is 10.8 Å². The van der Waals surface area contributed by atoms with Gasteiger partial charge >= 0.3 is 11.7 Å². The minimum Gasteiger partial charge on any atom is -0.497 e. The van der Waals surface area contributed by atoms with Crippen molar-refractivity contribution in [3.63, 3.8) is 0 Å². The average Bonchev–Trinajstić information content (AvgIpc) is 3.37. The molecule has 1 amide bonds. The van der Waals surface area contributed by atoms with Crippen molar-refractivity contribution in [1.82, 2.24) is 14.8 Å². The Balaban J connectivity index is 1.48. The fourth-order valence-corrected chi connectivity index (χ4v) is 3.43. The Hall–Kier alpha value is -4.97. The Morgan fingerprint density at radius 2 is 1.71 bits per heavy atom. The molecule has 1 heterocycles. The summed E-state index contributed by atoms with van der Waals surface area (Å²) in [5, 5.41) is 18.3. The molecular weight excluding hydrogens is 494 g/mol. The summed E-state index contributed by atoms with van der Waals surface area (Å²) in [6, 6.07) is 20.4. The highest BCUT2D eigenvalue weighted by Gasteiger charge is 2.17. The number of ether oxygens (including phenoxy) is 4. The maximum absolute atomic E-state index is 12.4. The highest BCUT2D eigenvalue weighted by atomic mass is 16.6. The van der Waals surface area contributed by atoms with Gasteiger partial charge in [-0.3, -0.25) is 14.9 Å². The SMILES string of the molecule is COCCOc1nc(-c2ccc(OC)cc2)n(-c2ccc(NC(=O)COc3ccccc3[N+](=O)[O-])cc2)n1. The molecule has 0 spiro atoms. The third-order valence-electron chi connectivity index (χ3n) is 5.27. The lowest BCUT2D eigenvalue weighted by atomic mass is 10.2. The number of carbonyl (C=O) groups excluding carboxylic acids is 1. The molecule has 12 heteroatoms. The van der Waals surface area contributed by atoms with Crippen LogP contribution in [0.15, 0.2) is 72.8 Å². The van der Waals surface area contributed by atoms with Crippen molar-refractivity contribution >= 4 is 17.3 Å². The van der Waals surface area contributed by atoms with Gasteiger partial charge in [0.25, 0.3) is 5.91 Å². The van der Waals surface area contributed by atoms with Crippen LogP contribution in [0.3, 0.4) is 0 Å². The lowest BCUT2D eigenvalue weighted by Gasteiger charge is -2.10. The third kappa shape index (κ3) is 6.42. The van der Waals surface area contributed by atoms with Crippen LogP contribution < -0.4 is 19.5 Å². The van der Waals surface area contributed by atoms with Gasteiger partial charge in [-0.05, 0) is 54.6 Å². The molecule has 0 bridgehead atoms. The molecule has 0 aliphatic rings. The topological polar surface area (TPSA) is 140 Å². The first-order valence-electron chi connectivity index (χ1n) is 11.5. The smallest absolute Gasteiger partial charge is 0.336 e. The van der Waals surface area contributed by atoms with Gasteiger partial charge in [0.1, 0.15) is 12.4 Å². The average molecular weight is 520 g/mol. The van der Waals surface area contributed by atoms with Crippen LogP contribution in [0.1, 0.15) is 0 Å². The van der Waals surface area contributed by atoms with E-state index in [0.29, 0.717) is 36.2 Å². The fraction of sp³-hybridized carbons (Fsp3) is 0.192. The number of anilines is 1. The quantitative estimate of drug-likeness (QED) is 0.168. The van der Waals surface area contributed by atoms with Crippen molar-refractivity contribution in [2.75, 3.05) is 39.4 Å². The van der Waals surface area contributed by atoms with Crippen LogP contribution in [0.2, 0.25) is 0 Å². The number of aromatic nitrogens is 3. The molecule has 1 N–H and O–H groups in total. The molecule has 4 rings (SSSR count). The summed E-state index contributed by atoms with van der Waals surface area (Å²) in [4.78, 5) is 27.4. The summed E-state index contributed by atoms with van der Waals surface area (Å²) in [5.41, 5.74) is 1.77. The number of rotatable bonds is 12. The Labute approximate surface area is 217 Å². The van der Waals surface area contributed by atoms with E-state index in [0.717, 1.165) is 5.56 Å². The lowest BCUT2D eigenvalue weighted by molar-refractivity contribution is -0.385. The summed E-state index contributed by atoms with van der Waals surface area (Å²) in [5.74, 6) is 0.810. The maximum Gasteiger partial charge on any atom is 0.336 e. The Morgan fingerprint density at radius 3 is 2.39 bits per heavy atom. The molecule has 1 aromatic heterocycles. The van der Waals surface area contributed by atoms with Crippen LogP contribution >= 0.6 is 0 Å². The molecule has 0 aliphatic carbocycles. The van der Waals surface area contributed by atoms with Crippen LogP contribution in [-0.4, -0.2) is 59.6 Å². The van der Waals surface area contributed by atoms with E-state index in [4.69, 9.17) is 18.9 Å². The molecule has 0 unspecified atom stereocenters. The van der Waals surface area contributed by atoms with Gasteiger partial charge < -0.3 is 24.3 Å². The summed E-state index contributed by atoms with van der Waals surface area (Å²) in [6.07, 6.45) is 0. The van der Waals surface area contributed by atoms with E-state index in [-0.39, 0.29) is 24.1 Å². The van der Waals surface area contributed by atoms with E-state index >= 15 is 0 Å². The molecule has 196 valence electrons. The second-order valence-electron chi connectivity index (χ2n) is 7.81. The predicted molar refractivity (Wildman–Crippen MR) is 138 cm³/mol. The first-order valence-corrected chi connectivity index (χ1v) is 11.5. The number of nitro benzene ring substituents is 1.